The Kier molecular flexibility index (Phi) is 5.88. The molecule has 6 nitrogen and oxygen atoms in total. The third kappa shape index (κ3) is 5.19. The molecule has 2 aliphatic rings. The number of amides is 2. The first-order valence-corrected chi connectivity index (χ1v) is 9.51. The predicted molar refractivity (Wildman–Crippen MR) is 99.4 cm³/mol. The van der Waals surface area contributed by atoms with E-state index in [1.165, 1.54) is 12.1 Å². The number of carbonyl (C=O) groups excluding carboxylic acids is 2. The van der Waals surface area contributed by atoms with Gasteiger partial charge in [0.05, 0.1) is 0 Å². The van der Waals surface area contributed by atoms with Gasteiger partial charge in [-0.25, -0.2) is 13.6 Å². The zero-order chi connectivity index (χ0) is 20.5. The van der Waals surface area contributed by atoms with Crippen molar-refractivity contribution in [2.45, 2.75) is 32.9 Å². The van der Waals surface area contributed by atoms with Gasteiger partial charge in [-0.1, -0.05) is 6.07 Å². The van der Waals surface area contributed by atoms with E-state index in [1.54, 1.807) is 25.7 Å². The number of alkyl carbamates (subject to hydrolysis) is 1. The highest BCUT2D eigenvalue weighted by atomic mass is 19.1. The average molecular weight is 395 g/mol. The van der Waals surface area contributed by atoms with Gasteiger partial charge in [0.1, 0.15) is 23.8 Å². The van der Waals surface area contributed by atoms with Crippen LogP contribution in [0.3, 0.4) is 0 Å². The van der Waals surface area contributed by atoms with Crippen LogP contribution in [0.25, 0.3) is 0 Å². The highest BCUT2D eigenvalue weighted by Crippen LogP contribution is 2.32. The van der Waals surface area contributed by atoms with Gasteiger partial charge in [0.15, 0.2) is 0 Å². The van der Waals surface area contributed by atoms with Gasteiger partial charge in [0, 0.05) is 44.4 Å². The Morgan fingerprint density at radius 2 is 1.79 bits per heavy atom. The predicted octanol–water partition coefficient (Wildman–Crippen LogP) is 2.38. The molecule has 0 spiro atoms. The summed E-state index contributed by atoms with van der Waals surface area (Å²) in [4.78, 5) is 27.9. The molecule has 154 valence electrons. The lowest BCUT2D eigenvalue weighted by atomic mass is 10.0. The molecule has 0 radical (unpaired) electrons. The van der Waals surface area contributed by atoms with Gasteiger partial charge in [-0.05, 0) is 38.7 Å². The standard InChI is InChI=1S/C20H27F2N3O3/c1-20(2,3)28-19(27)23-7-18(26)25-11-14-9-24(10-15(14)12-25)8-13-4-5-16(21)6-17(13)22/h4-6,14-15H,7-12H2,1-3H3,(H,23,27). The quantitative estimate of drug-likeness (QED) is 0.850. The molecule has 3 rings (SSSR count). The maximum absolute atomic E-state index is 13.9. The summed E-state index contributed by atoms with van der Waals surface area (Å²) in [7, 11) is 0. The van der Waals surface area contributed by atoms with E-state index in [0.29, 0.717) is 37.0 Å². The Morgan fingerprint density at radius 1 is 1.14 bits per heavy atom. The molecule has 1 N–H and O–H groups in total. The molecule has 2 atom stereocenters. The van der Waals surface area contributed by atoms with Crippen molar-refractivity contribution in [3.8, 4) is 0 Å². The number of fused-ring (bicyclic) bond motifs is 1. The number of hydrogen-bond donors (Lipinski definition) is 1. The topological polar surface area (TPSA) is 61.9 Å². The normalized spacial score (nSPS) is 22.2. The van der Waals surface area contributed by atoms with Crippen LogP contribution in [0.5, 0.6) is 0 Å². The van der Waals surface area contributed by atoms with Crippen LogP contribution < -0.4 is 5.32 Å². The van der Waals surface area contributed by atoms with Crippen molar-refractivity contribution >= 4 is 12.0 Å². The summed E-state index contributed by atoms with van der Waals surface area (Å²) < 4.78 is 32.0. The summed E-state index contributed by atoms with van der Waals surface area (Å²) in [6.07, 6.45) is -0.604. The van der Waals surface area contributed by atoms with Crippen LogP contribution in [-0.2, 0) is 16.1 Å². The molecule has 2 heterocycles. The number of nitrogens with zero attached hydrogens (tertiary/aromatic N) is 2. The van der Waals surface area contributed by atoms with Crippen LogP contribution in [0.4, 0.5) is 13.6 Å². The number of rotatable bonds is 4. The minimum atomic E-state index is -0.606. The zero-order valence-corrected chi connectivity index (χ0v) is 16.5. The number of ether oxygens (including phenoxy) is 1. The van der Waals surface area contributed by atoms with E-state index in [-0.39, 0.29) is 12.5 Å². The van der Waals surface area contributed by atoms with Gasteiger partial charge in [-0.15, -0.1) is 0 Å². The summed E-state index contributed by atoms with van der Waals surface area (Å²) in [5, 5.41) is 2.50. The molecule has 0 aliphatic carbocycles. The van der Waals surface area contributed by atoms with Crippen molar-refractivity contribution in [2.24, 2.45) is 11.8 Å². The minimum Gasteiger partial charge on any atom is -0.444 e. The van der Waals surface area contributed by atoms with E-state index >= 15 is 0 Å². The van der Waals surface area contributed by atoms with Gasteiger partial charge >= 0.3 is 6.09 Å². The average Bonchev–Trinajstić information content (AvgIpc) is 3.12. The van der Waals surface area contributed by atoms with Gasteiger partial charge < -0.3 is 15.0 Å². The molecule has 2 saturated heterocycles. The molecule has 2 unspecified atom stereocenters. The summed E-state index contributed by atoms with van der Waals surface area (Å²) in [5.74, 6) is -0.574. The van der Waals surface area contributed by atoms with Crippen LogP contribution in [0.2, 0.25) is 0 Å². The number of likely N-dealkylation sites (tertiary alicyclic amines) is 2. The number of benzene rings is 1. The Balaban J connectivity index is 1.44. The number of halogens is 2. The fourth-order valence-corrected chi connectivity index (χ4v) is 3.89. The first-order valence-electron chi connectivity index (χ1n) is 9.51. The van der Waals surface area contributed by atoms with Crippen molar-refractivity contribution in [1.29, 1.82) is 0 Å². The highest BCUT2D eigenvalue weighted by Gasteiger charge is 2.41. The molecule has 2 aliphatic heterocycles. The lowest BCUT2D eigenvalue weighted by Crippen LogP contribution is -2.42. The second-order valence-corrected chi connectivity index (χ2v) is 8.60. The third-order valence-corrected chi connectivity index (χ3v) is 5.11. The second kappa shape index (κ2) is 8.03. The lowest BCUT2D eigenvalue weighted by molar-refractivity contribution is -0.129. The van der Waals surface area contributed by atoms with Gasteiger partial charge in [0.25, 0.3) is 0 Å². The first-order chi connectivity index (χ1) is 13.1. The summed E-state index contributed by atoms with van der Waals surface area (Å²) in [6, 6.07) is 3.66. The maximum atomic E-state index is 13.9. The molecular weight excluding hydrogens is 368 g/mol. The number of nitrogens with one attached hydrogen (secondary N) is 1. The maximum Gasteiger partial charge on any atom is 0.408 e. The molecule has 1 aromatic rings. The van der Waals surface area contributed by atoms with Crippen molar-refractivity contribution in [1.82, 2.24) is 15.1 Å². The van der Waals surface area contributed by atoms with E-state index in [0.717, 1.165) is 19.2 Å². The van der Waals surface area contributed by atoms with Crippen molar-refractivity contribution in [2.75, 3.05) is 32.7 Å². The van der Waals surface area contributed by atoms with Crippen LogP contribution in [0, 0.1) is 23.5 Å². The summed E-state index contributed by atoms with van der Waals surface area (Å²) in [5.41, 5.74) is -0.124. The van der Waals surface area contributed by atoms with Crippen molar-refractivity contribution in [3.63, 3.8) is 0 Å². The molecule has 0 bridgehead atoms. The molecule has 0 saturated carbocycles. The van der Waals surface area contributed by atoms with Gasteiger partial charge in [-0.2, -0.15) is 0 Å². The zero-order valence-electron chi connectivity index (χ0n) is 16.5. The van der Waals surface area contributed by atoms with Crippen molar-refractivity contribution < 1.29 is 23.1 Å². The number of hydrogen-bond acceptors (Lipinski definition) is 4. The molecule has 2 fully saturated rings. The lowest BCUT2D eigenvalue weighted by Gasteiger charge is -2.23. The molecule has 0 aromatic heterocycles. The fraction of sp³-hybridized carbons (Fsp3) is 0.600. The van der Waals surface area contributed by atoms with E-state index in [1.807, 2.05) is 0 Å². The Labute approximate surface area is 163 Å². The number of carbonyl (C=O) groups is 2. The van der Waals surface area contributed by atoms with E-state index < -0.39 is 23.3 Å². The summed E-state index contributed by atoms with van der Waals surface area (Å²) in [6.45, 7) is 8.43. The minimum absolute atomic E-state index is 0.0845. The SMILES string of the molecule is CC(C)(C)OC(=O)NCC(=O)N1CC2CN(Cc3ccc(F)cc3F)CC2C1. The smallest absolute Gasteiger partial charge is 0.408 e. The largest absolute Gasteiger partial charge is 0.444 e. The molecule has 28 heavy (non-hydrogen) atoms. The third-order valence-electron chi connectivity index (χ3n) is 5.11. The molecule has 8 heteroatoms. The highest BCUT2D eigenvalue weighted by molar-refractivity contribution is 5.82. The van der Waals surface area contributed by atoms with E-state index in [4.69, 9.17) is 4.74 Å². The van der Waals surface area contributed by atoms with E-state index in [9.17, 15) is 18.4 Å². The fourth-order valence-electron chi connectivity index (χ4n) is 3.89. The monoisotopic (exact) mass is 395 g/mol. The Morgan fingerprint density at radius 3 is 2.36 bits per heavy atom. The van der Waals surface area contributed by atoms with Crippen molar-refractivity contribution in [3.05, 3.63) is 35.4 Å². The molecule has 2 amide bonds. The molecule has 1 aromatic carbocycles. The van der Waals surface area contributed by atoms with Crippen LogP contribution in [-0.4, -0.2) is 60.1 Å². The van der Waals surface area contributed by atoms with E-state index in [2.05, 4.69) is 10.2 Å². The van der Waals surface area contributed by atoms with Gasteiger partial charge in [0.2, 0.25) is 5.91 Å². The molecular formula is C20H27F2N3O3. The van der Waals surface area contributed by atoms with Crippen LogP contribution in [0.15, 0.2) is 18.2 Å². The Hall–Kier alpha value is -2.22. The van der Waals surface area contributed by atoms with Crippen LogP contribution >= 0.6 is 0 Å². The summed E-state index contributed by atoms with van der Waals surface area (Å²) >= 11 is 0. The second-order valence-electron chi connectivity index (χ2n) is 8.60. The van der Waals surface area contributed by atoms with Crippen LogP contribution in [0.1, 0.15) is 26.3 Å². The first kappa shape index (κ1) is 20.5. The Bertz CT molecular complexity index is 737. The van der Waals surface area contributed by atoms with Gasteiger partial charge in [-0.3, -0.25) is 9.69 Å².